The van der Waals surface area contributed by atoms with E-state index in [1.165, 1.54) is 0 Å². The van der Waals surface area contributed by atoms with Crippen LogP contribution in [0.4, 0.5) is 0 Å². The summed E-state index contributed by atoms with van der Waals surface area (Å²) >= 11 is 0. The maximum atomic E-state index is 12.2. The molecule has 0 spiro atoms. The average Bonchev–Trinajstić information content (AvgIpc) is 2.15. The van der Waals surface area contributed by atoms with Gasteiger partial charge in [-0.25, -0.2) is 8.42 Å². The van der Waals surface area contributed by atoms with E-state index in [1.54, 1.807) is 4.31 Å². The largest absolute Gasteiger partial charge is 0.374 e. The van der Waals surface area contributed by atoms with Gasteiger partial charge in [-0.2, -0.15) is 4.31 Å². The smallest absolute Gasteiger partial charge is 0.214 e. The van der Waals surface area contributed by atoms with Crippen molar-refractivity contribution in [3.8, 4) is 0 Å². The van der Waals surface area contributed by atoms with Gasteiger partial charge < -0.3 is 10.1 Å². The fraction of sp³-hybridized carbons (Fsp3) is 1.00. The molecule has 0 radical (unpaired) electrons. The van der Waals surface area contributed by atoms with Crippen molar-refractivity contribution in [1.82, 2.24) is 9.62 Å². The van der Waals surface area contributed by atoms with Crippen molar-refractivity contribution >= 4 is 10.0 Å². The lowest BCUT2D eigenvalue weighted by Gasteiger charge is -2.33. The summed E-state index contributed by atoms with van der Waals surface area (Å²) in [6, 6.07) is 0. The van der Waals surface area contributed by atoms with Gasteiger partial charge in [0.1, 0.15) is 0 Å². The minimum absolute atomic E-state index is 0.0384. The predicted octanol–water partition coefficient (Wildman–Crippen LogP) is 0.282. The number of hydrogen-bond donors (Lipinski definition) is 1. The molecule has 1 saturated heterocycles. The number of nitrogens with one attached hydrogen (secondary N) is 1. The number of likely N-dealkylation sites (N-methyl/N-ethyl adjacent to an activating group) is 1. The zero-order valence-corrected chi connectivity index (χ0v) is 12.0. The minimum atomic E-state index is -3.17. The maximum absolute atomic E-state index is 12.2. The van der Waals surface area contributed by atoms with Crippen LogP contribution in [0.5, 0.6) is 0 Å². The van der Waals surface area contributed by atoms with Gasteiger partial charge in [0.15, 0.2) is 0 Å². The Morgan fingerprint density at radius 1 is 1.41 bits per heavy atom. The standard InChI is InChI=1S/C11H24N2O3S/c1-11(2,3)9-17(14,15)13-5-6-16-10(8-13)7-12-4/h10,12H,5-9H2,1-4H3. The quantitative estimate of drug-likeness (QED) is 0.792. The van der Waals surface area contributed by atoms with Crippen LogP contribution in [-0.4, -0.2) is 57.9 Å². The Hall–Kier alpha value is -0.170. The first kappa shape index (κ1) is 14.9. The molecule has 6 heteroatoms. The number of rotatable bonds is 4. The highest BCUT2D eigenvalue weighted by Crippen LogP contribution is 2.20. The van der Waals surface area contributed by atoms with E-state index in [0.717, 1.165) is 0 Å². The second-order valence-corrected chi connectivity index (χ2v) is 7.69. The molecule has 1 aliphatic rings. The summed E-state index contributed by atoms with van der Waals surface area (Å²) < 4.78 is 31.5. The highest BCUT2D eigenvalue weighted by atomic mass is 32.2. The third-order valence-corrected chi connectivity index (χ3v) is 4.89. The van der Waals surface area contributed by atoms with Gasteiger partial charge in [0.2, 0.25) is 10.0 Å². The van der Waals surface area contributed by atoms with Crippen LogP contribution in [0.15, 0.2) is 0 Å². The molecule has 0 amide bonds. The number of morpholine rings is 1. The molecule has 1 atom stereocenters. The second-order valence-electron chi connectivity index (χ2n) is 5.73. The highest BCUT2D eigenvalue weighted by Gasteiger charge is 2.32. The van der Waals surface area contributed by atoms with Crippen LogP contribution in [0.25, 0.3) is 0 Å². The van der Waals surface area contributed by atoms with Crippen LogP contribution in [0.1, 0.15) is 20.8 Å². The third kappa shape index (κ3) is 4.91. The molecule has 102 valence electrons. The van der Waals surface area contributed by atoms with Crippen LogP contribution in [0.3, 0.4) is 0 Å². The van der Waals surface area contributed by atoms with Crippen LogP contribution in [0.2, 0.25) is 0 Å². The normalized spacial score (nSPS) is 23.9. The second kappa shape index (κ2) is 5.65. The van der Waals surface area contributed by atoms with Crippen LogP contribution < -0.4 is 5.32 Å². The zero-order chi connectivity index (χ0) is 13.1. The summed E-state index contributed by atoms with van der Waals surface area (Å²) in [7, 11) is -1.33. The Morgan fingerprint density at radius 3 is 2.59 bits per heavy atom. The lowest BCUT2D eigenvalue weighted by Crippen LogP contribution is -2.50. The van der Waals surface area contributed by atoms with Gasteiger partial charge in [0.25, 0.3) is 0 Å². The van der Waals surface area contributed by atoms with E-state index < -0.39 is 10.0 Å². The highest BCUT2D eigenvalue weighted by molar-refractivity contribution is 7.89. The number of sulfonamides is 1. The molecule has 5 nitrogen and oxygen atoms in total. The van der Waals surface area contributed by atoms with Crippen LogP contribution >= 0.6 is 0 Å². The molecule has 17 heavy (non-hydrogen) atoms. The zero-order valence-electron chi connectivity index (χ0n) is 11.2. The summed E-state index contributed by atoms with van der Waals surface area (Å²) in [5.41, 5.74) is -0.213. The third-order valence-electron chi connectivity index (χ3n) is 2.54. The Morgan fingerprint density at radius 2 is 2.06 bits per heavy atom. The van der Waals surface area contributed by atoms with E-state index in [2.05, 4.69) is 5.32 Å². The molecule has 1 fully saturated rings. The first-order valence-electron chi connectivity index (χ1n) is 5.99. The van der Waals surface area contributed by atoms with Crippen molar-refractivity contribution in [1.29, 1.82) is 0 Å². The number of hydrogen-bond acceptors (Lipinski definition) is 4. The van der Waals surface area contributed by atoms with Gasteiger partial charge in [-0.3, -0.25) is 0 Å². The van der Waals surface area contributed by atoms with E-state index in [-0.39, 0.29) is 17.3 Å². The maximum Gasteiger partial charge on any atom is 0.214 e. The van der Waals surface area contributed by atoms with Gasteiger partial charge in [-0.15, -0.1) is 0 Å². The molecule has 1 heterocycles. The SMILES string of the molecule is CNCC1CN(S(=O)(=O)CC(C)(C)C)CCO1. The lowest BCUT2D eigenvalue weighted by atomic mass is 10.0. The van der Waals surface area contributed by atoms with Gasteiger partial charge in [0.05, 0.1) is 18.5 Å². The molecule has 0 aliphatic carbocycles. The van der Waals surface area contributed by atoms with E-state index >= 15 is 0 Å². The summed E-state index contributed by atoms with van der Waals surface area (Å²) in [6.45, 7) is 7.91. The first-order valence-corrected chi connectivity index (χ1v) is 7.59. The van der Waals surface area contributed by atoms with Crippen molar-refractivity contribution in [3.05, 3.63) is 0 Å². The fourth-order valence-electron chi connectivity index (χ4n) is 1.93. The minimum Gasteiger partial charge on any atom is -0.374 e. The van der Waals surface area contributed by atoms with E-state index in [9.17, 15) is 8.42 Å². The molecule has 1 aliphatic heterocycles. The van der Waals surface area contributed by atoms with Crippen molar-refractivity contribution in [3.63, 3.8) is 0 Å². The first-order chi connectivity index (χ1) is 7.74. The Bertz CT molecular complexity index is 333. The average molecular weight is 264 g/mol. The fourth-order valence-corrected chi connectivity index (χ4v) is 3.96. The monoisotopic (exact) mass is 264 g/mol. The van der Waals surface area contributed by atoms with Crippen LogP contribution in [-0.2, 0) is 14.8 Å². The Balaban J connectivity index is 2.65. The van der Waals surface area contributed by atoms with E-state index in [4.69, 9.17) is 4.74 Å². The number of ether oxygens (including phenoxy) is 1. The molecule has 1 N–H and O–H groups in total. The molecule has 0 saturated carbocycles. The summed E-state index contributed by atoms with van der Waals surface area (Å²) in [5.74, 6) is 0.187. The molecule has 0 bridgehead atoms. The van der Waals surface area contributed by atoms with Gasteiger partial charge in [-0.05, 0) is 12.5 Å². The molecule has 0 aromatic rings. The summed E-state index contributed by atoms with van der Waals surface area (Å²) in [5, 5.41) is 3.01. The summed E-state index contributed by atoms with van der Waals surface area (Å²) in [6.07, 6.45) is -0.0384. The Labute approximate surface area is 105 Å². The van der Waals surface area contributed by atoms with Crippen molar-refractivity contribution in [2.45, 2.75) is 26.9 Å². The Kier molecular flexibility index (Phi) is 4.95. The molecule has 1 rings (SSSR count). The summed E-state index contributed by atoms with van der Waals surface area (Å²) in [4.78, 5) is 0. The van der Waals surface area contributed by atoms with Gasteiger partial charge in [-0.1, -0.05) is 20.8 Å². The van der Waals surface area contributed by atoms with Crippen molar-refractivity contribution < 1.29 is 13.2 Å². The van der Waals surface area contributed by atoms with E-state index in [1.807, 2.05) is 27.8 Å². The van der Waals surface area contributed by atoms with E-state index in [0.29, 0.717) is 26.2 Å². The van der Waals surface area contributed by atoms with Crippen molar-refractivity contribution in [2.24, 2.45) is 5.41 Å². The predicted molar refractivity (Wildman–Crippen MR) is 68.5 cm³/mol. The van der Waals surface area contributed by atoms with Crippen molar-refractivity contribution in [2.75, 3.05) is 39.0 Å². The molecule has 0 aromatic carbocycles. The van der Waals surface area contributed by atoms with Gasteiger partial charge in [0, 0.05) is 19.6 Å². The van der Waals surface area contributed by atoms with Crippen LogP contribution in [0, 0.1) is 5.41 Å². The molecule has 0 aromatic heterocycles. The number of nitrogens with zero attached hydrogens (tertiary/aromatic N) is 1. The topological polar surface area (TPSA) is 58.6 Å². The molecular formula is C11H24N2O3S. The molecular weight excluding hydrogens is 240 g/mol. The lowest BCUT2D eigenvalue weighted by molar-refractivity contribution is 0.000634. The molecule has 1 unspecified atom stereocenters. The van der Waals surface area contributed by atoms with Gasteiger partial charge >= 0.3 is 0 Å².